The number of nitrogens with one attached hydrogen (secondary N) is 2. The molecule has 0 aliphatic carbocycles. The standard InChI is InChI=1S/C19H26N4O/c1-15-8-3-4-9-16(15)17-14-18(22-21-17)20-19(24)10-7-13-23-11-5-2-6-12-23/h3-4,8-9,14H,2,5-7,10-13H2,1H3,(H2,20,21,22,24). The highest BCUT2D eigenvalue weighted by Crippen LogP contribution is 2.23. The number of aromatic nitrogens is 2. The molecule has 1 fully saturated rings. The van der Waals surface area contributed by atoms with Gasteiger partial charge in [-0.15, -0.1) is 0 Å². The molecule has 1 aromatic carbocycles. The summed E-state index contributed by atoms with van der Waals surface area (Å²) in [6.45, 7) is 5.44. The molecule has 0 unspecified atom stereocenters. The van der Waals surface area contributed by atoms with Crippen LogP contribution in [0.25, 0.3) is 11.3 Å². The third-order valence-corrected chi connectivity index (χ3v) is 4.61. The first-order valence-corrected chi connectivity index (χ1v) is 8.86. The molecule has 0 atom stereocenters. The van der Waals surface area contributed by atoms with Gasteiger partial charge in [0.1, 0.15) is 0 Å². The van der Waals surface area contributed by atoms with Crippen molar-refractivity contribution in [3.63, 3.8) is 0 Å². The number of nitrogens with zero attached hydrogens (tertiary/aromatic N) is 2. The van der Waals surface area contributed by atoms with E-state index in [1.54, 1.807) is 0 Å². The fourth-order valence-corrected chi connectivity index (χ4v) is 3.25. The van der Waals surface area contributed by atoms with Gasteiger partial charge in [-0.2, -0.15) is 5.10 Å². The highest BCUT2D eigenvalue weighted by Gasteiger charge is 2.12. The predicted octanol–water partition coefficient (Wildman–Crippen LogP) is 3.59. The van der Waals surface area contributed by atoms with Crippen LogP contribution in [-0.4, -0.2) is 40.6 Å². The van der Waals surface area contributed by atoms with Gasteiger partial charge in [0.05, 0.1) is 5.69 Å². The summed E-state index contributed by atoms with van der Waals surface area (Å²) in [5.74, 6) is 0.631. The van der Waals surface area contributed by atoms with Crippen molar-refractivity contribution in [1.82, 2.24) is 15.1 Å². The largest absolute Gasteiger partial charge is 0.309 e. The second-order valence-corrected chi connectivity index (χ2v) is 6.54. The minimum Gasteiger partial charge on any atom is -0.309 e. The summed E-state index contributed by atoms with van der Waals surface area (Å²) in [4.78, 5) is 14.5. The van der Waals surface area contributed by atoms with Crippen LogP contribution in [0.1, 0.15) is 37.7 Å². The zero-order valence-electron chi connectivity index (χ0n) is 14.3. The van der Waals surface area contributed by atoms with Gasteiger partial charge in [-0.3, -0.25) is 9.89 Å². The molecule has 5 nitrogen and oxygen atoms in total. The van der Waals surface area contributed by atoms with Crippen LogP contribution >= 0.6 is 0 Å². The number of aryl methyl sites for hydroxylation is 1. The number of H-pyrrole nitrogens is 1. The van der Waals surface area contributed by atoms with E-state index >= 15 is 0 Å². The molecular formula is C19H26N4O. The Labute approximate surface area is 143 Å². The van der Waals surface area contributed by atoms with Crippen molar-refractivity contribution < 1.29 is 4.79 Å². The van der Waals surface area contributed by atoms with Crippen molar-refractivity contribution in [1.29, 1.82) is 0 Å². The summed E-state index contributed by atoms with van der Waals surface area (Å²) < 4.78 is 0. The summed E-state index contributed by atoms with van der Waals surface area (Å²) in [6.07, 6.45) is 5.38. The van der Waals surface area contributed by atoms with E-state index in [9.17, 15) is 4.79 Å². The number of hydrogen-bond acceptors (Lipinski definition) is 3. The molecule has 0 bridgehead atoms. The lowest BCUT2D eigenvalue weighted by Gasteiger charge is -2.26. The van der Waals surface area contributed by atoms with Gasteiger partial charge in [0.15, 0.2) is 5.82 Å². The van der Waals surface area contributed by atoms with Crippen molar-refractivity contribution in [2.24, 2.45) is 0 Å². The molecule has 3 rings (SSSR count). The fourth-order valence-electron chi connectivity index (χ4n) is 3.25. The van der Waals surface area contributed by atoms with Gasteiger partial charge in [0, 0.05) is 18.1 Å². The van der Waals surface area contributed by atoms with Gasteiger partial charge in [-0.25, -0.2) is 0 Å². The van der Waals surface area contributed by atoms with Crippen molar-refractivity contribution in [3.05, 3.63) is 35.9 Å². The number of benzene rings is 1. The van der Waals surface area contributed by atoms with E-state index in [0.717, 1.165) is 24.2 Å². The topological polar surface area (TPSA) is 61.0 Å². The molecule has 2 aromatic rings. The molecule has 0 saturated carbocycles. The van der Waals surface area contributed by atoms with E-state index in [1.807, 2.05) is 24.3 Å². The fraction of sp³-hybridized carbons (Fsp3) is 0.474. The highest BCUT2D eigenvalue weighted by atomic mass is 16.1. The van der Waals surface area contributed by atoms with E-state index in [0.29, 0.717) is 12.2 Å². The lowest BCUT2D eigenvalue weighted by Crippen LogP contribution is -2.31. The van der Waals surface area contributed by atoms with E-state index in [1.165, 1.54) is 37.9 Å². The Kier molecular flexibility index (Phi) is 5.64. The Bertz CT molecular complexity index is 674. The van der Waals surface area contributed by atoms with Crippen molar-refractivity contribution in [2.45, 2.75) is 39.0 Å². The van der Waals surface area contributed by atoms with Crippen LogP contribution in [-0.2, 0) is 4.79 Å². The maximum atomic E-state index is 12.1. The number of amides is 1. The molecule has 2 heterocycles. The summed E-state index contributed by atoms with van der Waals surface area (Å²) in [6, 6.07) is 10.0. The van der Waals surface area contributed by atoms with Gasteiger partial charge >= 0.3 is 0 Å². The van der Waals surface area contributed by atoms with Crippen LogP contribution < -0.4 is 5.32 Å². The number of anilines is 1. The molecular weight excluding hydrogens is 300 g/mol. The molecule has 24 heavy (non-hydrogen) atoms. The molecule has 1 aliphatic rings. The van der Waals surface area contributed by atoms with Gasteiger partial charge in [0.25, 0.3) is 0 Å². The predicted molar refractivity (Wildman–Crippen MR) is 96.9 cm³/mol. The van der Waals surface area contributed by atoms with E-state index < -0.39 is 0 Å². The number of piperidine rings is 1. The Morgan fingerprint density at radius 1 is 1.25 bits per heavy atom. The maximum absolute atomic E-state index is 12.1. The smallest absolute Gasteiger partial charge is 0.225 e. The molecule has 1 aromatic heterocycles. The third kappa shape index (κ3) is 4.45. The van der Waals surface area contributed by atoms with Crippen LogP contribution in [0.5, 0.6) is 0 Å². The second kappa shape index (κ2) is 8.11. The quantitative estimate of drug-likeness (QED) is 0.853. The molecule has 0 spiro atoms. The minimum atomic E-state index is 0.0369. The molecule has 0 radical (unpaired) electrons. The van der Waals surface area contributed by atoms with Crippen LogP contribution in [0.4, 0.5) is 5.82 Å². The molecule has 128 valence electrons. The van der Waals surface area contributed by atoms with Crippen LogP contribution in [0.15, 0.2) is 30.3 Å². The van der Waals surface area contributed by atoms with Crippen LogP contribution in [0.3, 0.4) is 0 Å². The molecule has 1 aliphatic heterocycles. The highest BCUT2D eigenvalue weighted by molar-refractivity contribution is 5.90. The Morgan fingerprint density at radius 3 is 2.83 bits per heavy atom. The Hall–Kier alpha value is -2.14. The number of aromatic amines is 1. The van der Waals surface area contributed by atoms with Gasteiger partial charge in [-0.1, -0.05) is 30.7 Å². The molecule has 1 amide bonds. The first-order chi connectivity index (χ1) is 11.7. The number of hydrogen-bond donors (Lipinski definition) is 2. The average molecular weight is 326 g/mol. The molecule has 2 N–H and O–H groups in total. The first kappa shape index (κ1) is 16.7. The van der Waals surface area contributed by atoms with Crippen LogP contribution in [0.2, 0.25) is 0 Å². The number of carbonyl (C=O) groups is 1. The van der Waals surface area contributed by atoms with Crippen molar-refractivity contribution in [2.75, 3.05) is 25.0 Å². The van der Waals surface area contributed by atoms with Crippen molar-refractivity contribution >= 4 is 11.7 Å². The molecule has 1 saturated heterocycles. The van der Waals surface area contributed by atoms with Crippen molar-refractivity contribution in [3.8, 4) is 11.3 Å². The van der Waals surface area contributed by atoms with Gasteiger partial charge in [0.2, 0.25) is 5.91 Å². The first-order valence-electron chi connectivity index (χ1n) is 8.86. The van der Waals surface area contributed by atoms with Gasteiger partial charge < -0.3 is 10.2 Å². The third-order valence-electron chi connectivity index (χ3n) is 4.61. The summed E-state index contributed by atoms with van der Waals surface area (Å²) >= 11 is 0. The van der Waals surface area contributed by atoms with Crippen LogP contribution in [0, 0.1) is 6.92 Å². The number of rotatable bonds is 6. The summed E-state index contributed by atoms with van der Waals surface area (Å²) in [7, 11) is 0. The molecule has 5 heteroatoms. The minimum absolute atomic E-state index is 0.0369. The lowest BCUT2D eigenvalue weighted by molar-refractivity contribution is -0.116. The lowest BCUT2D eigenvalue weighted by atomic mass is 10.1. The zero-order valence-corrected chi connectivity index (χ0v) is 14.3. The average Bonchev–Trinajstić information content (AvgIpc) is 3.04. The Balaban J connectivity index is 1.47. The van der Waals surface area contributed by atoms with E-state index in [2.05, 4.69) is 33.4 Å². The SMILES string of the molecule is Cc1ccccc1-c1cc(NC(=O)CCCN2CCCCC2)n[nH]1. The second-order valence-electron chi connectivity index (χ2n) is 6.54. The van der Waals surface area contributed by atoms with E-state index in [-0.39, 0.29) is 5.91 Å². The summed E-state index contributed by atoms with van der Waals surface area (Å²) in [5, 5.41) is 10.1. The maximum Gasteiger partial charge on any atom is 0.225 e. The number of carbonyl (C=O) groups excluding carboxylic acids is 1. The normalized spacial score (nSPS) is 15.4. The van der Waals surface area contributed by atoms with Gasteiger partial charge in [-0.05, 0) is 51.4 Å². The zero-order chi connectivity index (χ0) is 16.8. The summed E-state index contributed by atoms with van der Waals surface area (Å²) in [5.41, 5.74) is 3.22. The van der Waals surface area contributed by atoms with E-state index in [4.69, 9.17) is 0 Å². The monoisotopic (exact) mass is 326 g/mol. The Morgan fingerprint density at radius 2 is 2.04 bits per heavy atom. The number of likely N-dealkylation sites (tertiary alicyclic amines) is 1.